The molecule has 8 heteroatoms. The molecule has 0 aliphatic carbocycles. The summed E-state index contributed by atoms with van der Waals surface area (Å²) in [7, 11) is 4.58. The van der Waals surface area contributed by atoms with Crippen LogP contribution in [-0.2, 0) is 9.47 Å². The van der Waals surface area contributed by atoms with Crippen LogP contribution in [0.3, 0.4) is 0 Å². The summed E-state index contributed by atoms with van der Waals surface area (Å²) in [5, 5.41) is 1.49. The smallest absolute Gasteiger partial charge is 0.339 e. The number of benzene rings is 2. The first-order chi connectivity index (χ1) is 14.6. The van der Waals surface area contributed by atoms with Gasteiger partial charge in [0, 0.05) is 17.8 Å². The lowest BCUT2D eigenvalue weighted by Gasteiger charge is -2.15. The first kappa shape index (κ1) is 20.9. The van der Waals surface area contributed by atoms with Gasteiger partial charge in [0.1, 0.15) is 13.2 Å². The number of hydrogen-bond donors (Lipinski definition) is 0. The lowest BCUT2D eigenvalue weighted by atomic mass is 10.0. The molecule has 0 aliphatic heterocycles. The van der Waals surface area contributed by atoms with Gasteiger partial charge in [-0.15, -0.1) is 0 Å². The van der Waals surface area contributed by atoms with E-state index in [4.69, 9.17) is 23.7 Å². The van der Waals surface area contributed by atoms with Crippen LogP contribution in [0.5, 0.6) is 17.2 Å². The minimum atomic E-state index is -0.539. The summed E-state index contributed by atoms with van der Waals surface area (Å²) < 4.78 is 26.5. The highest BCUT2D eigenvalue weighted by Gasteiger charge is 2.17. The van der Waals surface area contributed by atoms with Crippen molar-refractivity contribution in [2.75, 3.05) is 34.5 Å². The number of hydrogen-bond acceptors (Lipinski definition) is 8. The molecule has 1 aromatic heterocycles. The summed E-state index contributed by atoms with van der Waals surface area (Å²) in [4.78, 5) is 28.1. The van der Waals surface area contributed by atoms with E-state index in [0.717, 1.165) is 10.8 Å². The molecule has 0 saturated carbocycles. The second-order valence-corrected chi connectivity index (χ2v) is 6.09. The zero-order chi connectivity index (χ0) is 21.5. The Morgan fingerprint density at radius 3 is 2.13 bits per heavy atom. The van der Waals surface area contributed by atoms with Gasteiger partial charge in [0.15, 0.2) is 11.5 Å². The summed E-state index contributed by atoms with van der Waals surface area (Å²) in [6.07, 6.45) is 2.96. The van der Waals surface area contributed by atoms with E-state index in [1.54, 1.807) is 42.6 Å². The van der Waals surface area contributed by atoms with E-state index < -0.39 is 11.9 Å². The third-order valence-electron chi connectivity index (χ3n) is 4.32. The van der Waals surface area contributed by atoms with Gasteiger partial charge in [-0.05, 0) is 41.8 Å². The van der Waals surface area contributed by atoms with Gasteiger partial charge >= 0.3 is 11.9 Å². The maximum atomic E-state index is 12.4. The Hall–Kier alpha value is -3.81. The average molecular weight is 411 g/mol. The van der Waals surface area contributed by atoms with Crippen molar-refractivity contribution >= 4 is 22.7 Å². The molecule has 156 valence electrons. The maximum absolute atomic E-state index is 12.4. The van der Waals surface area contributed by atoms with Crippen LogP contribution in [0.4, 0.5) is 0 Å². The number of esters is 2. The third kappa shape index (κ3) is 4.43. The number of nitrogens with zero attached hydrogens (tertiary/aromatic N) is 1. The molecule has 3 rings (SSSR count). The minimum absolute atomic E-state index is 0.0636. The second kappa shape index (κ2) is 9.60. The van der Waals surface area contributed by atoms with Crippen LogP contribution in [0.15, 0.2) is 48.8 Å². The number of carbonyl (C=O) groups excluding carboxylic acids is 2. The topological polar surface area (TPSA) is 93.2 Å². The Morgan fingerprint density at radius 2 is 1.53 bits per heavy atom. The molecule has 30 heavy (non-hydrogen) atoms. The number of pyridine rings is 1. The predicted octanol–water partition coefficient (Wildman–Crippen LogP) is 3.27. The van der Waals surface area contributed by atoms with Gasteiger partial charge in [0.25, 0.3) is 0 Å². The van der Waals surface area contributed by atoms with Crippen molar-refractivity contribution in [3.8, 4) is 17.2 Å². The average Bonchev–Trinajstić information content (AvgIpc) is 2.80. The minimum Gasteiger partial charge on any atom is -0.493 e. The molecule has 0 amide bonds. The third-order valence-corrected chi connectivity index (χ3v) is 4.32. The molecule has 0 bridgehead atoms. The van der Waals surface area contributed by atoms with Gasteiger partial charge in [0.2, 0.25) is 5.75 Å². The van der Waals surface area contributed by atoms with Crippen molar-refractivity contribution in [3.63, 3.8) is 0 Å². The molecular weight excluding hydrogens is 390 g/mol. The van der Waals surface area contributed by atoms with E-state index in [1.807, 2.05) is 0 Å². The summed E-state index contributed by atoms with van der Waals surface area (Å²) in [5.74, 6) is 0.392. The fourth-order valence-corrected chi connectivity index (χ4v) is 2.92. The molecule has 0 unspecified atom stereocenters. The van der Waals surface area contributed by atoms with Crippen LogP contribution >= 0.6 is 0 Å². The summed E-state index contributed by atoms with van der Waals surface area (Å²) >= 11 is 0. The Labute approximate surface area is 173 Å². The van der Waals surface area contributed by atoms with E-state index >= 15 is 0 Å². The Kier molecular flexibility index (Phi) is 6.69. The van der Waals surface area contributed by atoms with Crippen molar-refractivity contribution in [2.24, 2.45) is 0 Å². The first-order valence-corrected chi connectivity index (χ1v) is 9.06. The fourth-order valence-electron chi connectivity index (χ4n) is 2.92. The molecular formula is C22H21NO7. The van der Waals surface area contributed by atoms with Gasteiger partial charge < -0.3 is 23.7 Å². The molecule has 0 radical (unpaired) electrons. The number of aromatic nitrogens is 1. The van der Waals surface area contributed by atoms with E-state index in [0.29, 0.717) is 28.4 Å². The number of rotatable bonds is 8. The zero-order valence-electron chi connectivity index (χ0n) is 16.8. The number of carbonyl (C=O) groups is 2. The zero-order valence-corrected chi connectivity index (χ0v) is 16.8. The van der Waals surface area contributed by atoms with E-state index in [2.05, 4.69) is 4.98 Å². The summed E-state index contributed by atoms with van der Waals surface area (Å²) in [6.45, 7) is -0.135. The normalized spacial score (nSPS) is 10.4. The number of methoxy groups -OCH3 is 3. The Bertz CT molecular complexity index is 1050. The van der Waals surface area contributed by atoms with Crippen LogP contribution in [0.2, 0.25) is 0 Å². The van der Waals surface area contributed by atoms with Crippen LogP contribution in [-0.4, -0.2) is 51.5 Å². The van der Waals surface area contributed by atoms with Gasteiger partial charge in [0.05, 0.1) is 32.5 Å². The molecule has 8 nitrogen and oxygen atoms in total. The van der Waals surface area contributed by atoms with E-state index in [-0.39, 0.29) is 13.2 Å². The predicted molar refractivity (Wildman–Crippen MR) is 108 cm³/mol. The molecule has 0 fully saturated rings. The molecule has 0 N–H and O–H groups in total. The van der Waals surface area contributed by atoms with Crippen molar-refractivity contribution in [1.82, 2.24) is 4.98 Å². The highest BCUT2D eigenvalue weighted by molar-refractivity contribution is 5.99. The van der Waals surface area contributed by atoms with Crippen molar-refractivity contribution in [3.05, 3.63) is 59.9 Å². The Balaban J connectivity index is 1.67. The lowest BCUT2D eigenvalue weighted by Crippen LogP contribution is -2.14. The van der Waals surface area contributed by atoms with Gasteiger partial charge in [-0.25, -0.2) is 9.59 Å². The van der Waals surface area contributed by atoms with Gasteiger partial charge in [-0.3, -0.25) is 4.98 Å². The van der Waals surface area contributed by atoms with Crippen LogP contribution in [0.25, 0.3) is 10.8 Å². The van der Waals surface area contributed by atoms with Gasteiger partial charge in [-0.1, -0.05) is 0 Å². The van der Waals surface area contributed by atoms with Crippen LogP contribution in [0.1, 0.15) is 20.7 Å². The Morgan fingerprint density at radius 1 is 0.833 bits per heavy atom. The van der Waals surface area contributed by atoms with Crippen molar-refractivity contribution in [1.29, 1.82) is 0 Å². The first-order valence-electron chi connectivity index (χ1n) is 9.06. The highest BCUT2D eigenvalue weighted by Crippen LogP contribution is 2.43. The van der Waals surface area contributed by atoms with E-state index in [1.165, 1.54) is 27.5 Å². The van der Waals surface area contributed by atoms with E-state index in [9.17, 15) is 9.59 Å². The lowest BCUT2D eigenvalue weighted by molar-refractivity contribution is 0.0265. The van der Waals surface area contributed by atoms with Crippen LogP contribution < -0.4 is 14.2 Å². The molecule has 0 aliphatic rings. The largest absolute Gasteiger partial charge is 0.493 e. The SMILES string of the molecule is COc1cc2cc(C(=O)OCCOC(=O)c3cccnc3)ccc2c(OC)c1OC. The monoisotopic (exact) mass is 411 g/mol. The van der Waals surface area contributed by atoms with Crippen LogP contribution in [0, 0.1) is 0 Å². The van der Waals surface area contributed by atoms with Crippen molar-refractivity contribution < 1.29 is 33.3 Å². The molecule has 2 aromatic carbocycles. The summed E-state index contributed by atoms with van der Waals surface area (Å²) in [6, 6.07) is 10.0. The molecule has 0 spiro atoms. The highest BCUT2D eigenvalue weighted by atomic mass is 16.6. The maximum Gasteiger partial charge on any atom is 0.339 e. The second-order valence-electron chi connectivity index (χ2n) is 6.09. The molecule has 0 saturated heterocycles. The standard InChI is InChI=1S/C22H21NO7/c1-26-18-12-16-11-14(6-7-17(16)19(27-2)20(18)28-3)21(24)29-9-10-30-22(25)15-5-4-8-23-13-15/h4-8,11-13H,9-10H2,1-3H3. The molecule has 0 atom stereocenters. The number of fused-ring (bicyclic) bond motifs is 1. The molecule has 3 aromatic rings. The van der Waals surface area contributed by atoms with Gasteiger partial charge in [-0.2, -0.15) is 0 Å². The quantitative estimate of drug-likeness (QED) is 0.412. The molecule has 1 heterocycles. The number of ether oxygens (including phenoxy) is 5. The van der Waals surface area contributed by atoms with Crippen molar-refractivity contribution in [2.45, 2.75) is 0 Å². The summed E-state index contributed by atoms with van der Waals surface area (Å²) in [5.41, 5.74) is 0.673. The fraction of sp³-hybridized carbons (Fsp3) is 0.227.